The van der Waals surface area contributed by atoms with Gasteiger partial charge in [-0.25, -0.2) is 4.79 Å². The summed E-state index contributed by atoms with van der Waals surface area (Å²) in [4.78, 5) is 21.6. The Bertz CT molecular complexity index is 203. The third-order valence-corrected chi connectivity index (χ3v) is 1.91. The SMILES string of the molecule is CC[C@@H]1NC(=O)[C@H]1NC(=O)OC. The molecule has 0 saturated carbocycles. The van der Waals surface area contributed by atoms with E-state index in [4.69, 9.17) is 0 Å². The number of methoxy groups -OCH3 is 1. The van der Waals surface area contributed by atoms with Crippen LogP contribution in [0.1, 0.15) is 13.3 Å². The molecular weight excluding hydrogens is 160 g/mol. The van der Waals surface area contributed by atoms with E-state index in [1.165, 1.54) is 7.11 Å². The Morgan fingerprint density at radius 1 is 1.75 bits per heavy atom. The summed E-state index contributed by atoms with van der Waals surface area (Å²) < 4.78 is 4.37. The molecule has 1 fully saturated rings. The topological polar surface area (TPSA) is 67.4 Å². The van der Waals surface area contributed by atoms with E-state index in [1.54, 1.807) is 0 Å². The highest BCUT2D eigenvalue weighted by atomic mass is 16.5. The minimum atomic E-state index is -0.562. The summed E-state index contributed by atoms with van der Waals surface area (Å²) in [5.74, 6) is -0.146. The van der Waals surface area contributed by atoms with Crippen LogP contribution >= 0.6 is 0 Å². The summed E-state index contributed by atoms with van der Waals surface area (Å²) in [6.45, 7) is 1.94. The number of carbonyl (C=O) groups is 2. The van der Waals surface area contributed by atoms with Crippen molar-refractivity contribution >= 4 is 12.0 Å². The predicted octanol–water partition coefficient (Wildman–Crippen LogP) is -0.381. The van der Waals surface area contributed by atoms with Crippen LogP contribution in [0.5, 0.6) is 0 Å². The van der Waals surface area contributed by atoms with Crippen LogP contribution in [0.15, 0.2) is 0 Å². The Kier molecular flexibility index (Phi) is 2.52. The second-order valence-electron chi connectivity index (χ2n) is 2.64. The lowest BCUT2D eigenvalue weighted by molar-refractivity contribution is -0.131. The van der Waals surface area contributed by atoms with E-state index in [1.807, 2.05) is 6.92 Å². The lowest BCUT2D eigenvalue weighted by Crippen LogP contribution is -2.68. The van der Waals surface area contributed by atoms with E-state index in [-0.39, 0.29) is 11.9 Å². The highest BCUT2D eigenvalue weighted by Gasteiger charge is 2.39. The maximum absolute atomic E-state index is 10.9. The Morgan fingerprint density at radius 3 is 2.83 bits per heavy atom. The molecule has 0 radical (unpaired) electrons. The molecule has 1 rings (SSSR count). The van der Waals surface area contributed by atoms with Crippen LogP contribution in [0.25, 0.3) is 0 Å². The summed E-state index contributed by atoms with van der Waals surface area (Å²) in [5.41, 5.74) is 0. The van der Waals surface area contributed by atoms with Crippen molar-refractivity contribution < 1.29 is 14.3 Å². The second kappa shape index (κ2) is 3.42. The van der Waals surface area contributed by atoms with Crippen molar-refractivity contribution in [1.29, 1.82) is 0 Å². The van der Waals surface area contributed by atoms with E-state index in [2.05, 4.69) is 15.4 Å². The first-order chi connectivity index (χ1) is 5.69. The zero-order valence-electron chi connectivity index (χ0n) is 7.09. The van der Waals surface area contributed by atoms with Crippen LogP contribution in [0, 0.1) is 0 Å². The van der Waals surface area contributed by atoms with Gasteiger partial charge in [0.15, 0.2) is 0 Å². The van der Waals surface area contributed by atoms with E-state index in [9.17, 15) is 9.59 Å². The van der Waals surface area contributed by atoms with Crippen LogP contribution in [0.3, 0.4) is 0 Å². The third kappa shape index (κ3) is 1.49. The van der Waals surface area contributed by atoms with Crippen LogP contribution in [0.4, 0.5) is 4.79 Å². The van der Waals surface area contributed by atoms with Crippen LogP contribution < -0.4 is 10.6 Å². The molecule has 0 aromatic heterocycles. The minimum Gasteiger partial charge on any atom is -0.453 e. The van der Waals surface area contributed by atoms with Gasteiger partial charge in [0.2, 0.25) is 5.91 Å². The van der Waals surface area contributed by atoms with E-state index in [0.717, 1.165) is 6.42 Å². The number of alkyl carbamates (subject to hydrolysis) is 1. The maximum Gasteiger partial charge on any atom is 0.407 e. The molecule has 68 valence electrons. The van der Waals surface area contributed by atoms with Crippen molar-refractivity contribution in [1.82, 2.24) is 10.6 Å². The molecule has 0 bridgehead atoms. The number of nitrogens with one attached hydrogen (secondary N) is 2. The molecule has 0 aromatic rings. The Balaban J connectivity index is 2.40. The normalized spacial score (nSPS) is 27.0. The zero-order valence-corrected chi connectivity index (χ0v) is 7.09. The molecule has 1 heterocycles. The number of hydrogen-bond donors (Lipinski definition) is 2. The average molecular weight is 172 g/mol. The highest BCUT2D eigenvalue weighted by Crippen LogP contribution is 2.09. The first-order valence-corrected chi connectivity index (χ1v) is 3.84. The fraction of sp³-hybridized carbons (Fsp3) is 0.714. The number of β-lactam (4-membered cyclic amide) rings is 1. The van der Waals surface area contributed by atoms with E-state index < -0.39 is 12.1 Å². The van der Waals surface area contributed by atoms with Gasteiger partial charge in [-0.3, -0.25) is 4.79 Å². The van der Waals surface area contributed by atoms with Crippen molar-refractivity contribution in [2.75, 3.05) is 7.11 Å². The van der Waals surface area contributed by atoms with Gasteiger partial charge in [-0.1, -0.05) is 6.92 Å². The Morgan fingerprint density at radius 2 is 2.42 bits per heavy atom. The van der Waals surface area contributed by atoms with Crippen LogP contribution in [-0.2, 0) is 9.53 Å². The molecular formula is C7H12N2O3. The van der Waals surface area contributed by atoms with Crippen LogP contribution in [0.2, 0.25) is 0 Å². The first-order valence-electron chi connectivity index (χ1n) is 3.84. The molecule has 0 aliphatic carbocycles. The largest absolute Gasteiger partial charge is 0.453 e. The third-order valence-electron chi connectivity index (χ3n) is 1.91. The fourth-order valence-corrected chi connectivity index (χ4v) is 1.13. The number of carbonyl (C=O) groups excluding carboxylic acids is 2. The molecule has 0 aromatic carbocycles. The van der Waals surface area contributed by atoms with Gasteiger partial charge in [0.25, 0.3) is 0 Å². The predicted molar refractivity (Wildman–Crippen MR) is 41.6 cm³/mol. The number of hydrogen-bond acceptors (Lipinski definition) is 3. The van der Waals surface area contributed by atoms with Gasteiger partial charge in [-0.05, 0) is 6.42 Å². The first kappa shape index (κ1) is 8.83. The fourth-order valence-electron chi connectivity index (χ4n) is 1.13. The van der Waals surface area contributed by atoms with E-state index >= 15 is 0 Å². The second-order valence-corrected chi connectivity index (χ2v) is 2.64. The monoisotopic (exact) mass is 172 g/mol. The van der Waals surface area contributed by atoms with E-state index in [0.29, 0.717) is 0 Å². The summed E-state index contributed by atoms with van der Waals surface area (Å²) >= 11 is 0. The Hall–Kier alpha value is -1.26. The maximum atomic E-state index is 10.9. The lowest BCUT2D eigenvalue weighted by atomic mass is 9.97. The summed E-state index contributed by atoms with van der Waals surface area (Å²) in [5, 5.41) is 5.11. The molecule has 0 unspecified atom stereocenters. The molecule has 2 N–H and O–H groups in total. The molecule has 12 heavy (non-hydrogen) atoms. The van der Waals surface area contributed by atoms with Gasteiger partial charge in [-0.15, -0.1) is 0 Å². The molecule has 2 atom stereocenters. The molecule has 1 saturated heterocycles. The number of rotatable bonds is 2. The number of amides is 2. The Labute approximate surface area is 70.5 Å². The standard InChI is InChI=1S/C7H12N2O3/c1-3-4-5(6(10)8-4)9-7(11)12-2/h4-5H,3H2,1-2H3,(H,8,10)(H,9,11)/t4-,5-/m0/s1. The lowest BCUT2D eigenvalue weighted by Gasteiger charge is -2.35. The van der Waals surface area contributed by atoms with Gasteiger partial charge in [0.1, 0.15) is 6.04 Å². The van der Waals surface area contributed by atoms with Crippen molar-refractivity contribution in [3.63, 3.8) is 0 Å². The minimum absolute atomic E-state index is 0.0524. The van der Waals surface area contributed by atoms with Gasteiger partial charge in [0.05, 0.1) is 13.2 Å². The van der Waals surface area contributed by atoms with Crippen molar-refractivity contribution in [2.45, 2.75) is 25.4 Å². The smallest absolute Gasteiger partial charge is 0.407 e. The van der Waals surface area contributed by atoms with Gasteiger partial charge in [-0.2, -0.15) is 0 Å². The molecule has 0 spiro atoms. The summed E-state index contributed by atoms with van der Waals surface area (Å²) in [7, 11) is 1.27. The molecule has 5 heteroatoms. The van der Waals surface area contributed by atoms with Gasteiger partial charge < -0.3 is 15.4 Å². The molecule has 2 amide bonds. The van der Waals surface area contributed by atoms with Crippen molar-refractivity contribution in [3.8, 4) is 0 Å². The summed E-state index contributed by atoms with van der Waals surface area (Å²) in [6, 6.07) is -0.362. The molecule has 1 aliphatic rings. The summed E-state index contributed by atoms with van der Waals surface area (Å²) in [6.07, 6.45) is 0.244. The van der Waals surface area contributed by atoms with Crippen molar-refractivity contribution in [2.24, 2.45) is 0 Å². The van der Waals surface area contributed by atoms with Gasteiger partial charge in [0, 0.05) is 0 Å². The van der Waals surface area contributed by atoms with Crippen LogP contribution in [-0.4, -0.2) is 31.2 Å². The van der Waals surface area contributed by atoms with Gasteiger partial charge >= 0.3 is 6.09 Å². The number of ether oxygens (including phenoxy) is 1. The molecule has 5 nitrogen and oxygen atoms in total. The quantitative estimate of drug-likeness (QED) is 0.558. The molecule has 1 aliphatic heterocycles. The average Bonchev–Trinajstić information content (AvgIpc) is 2.09. The zero-order chi connectivity index (χ0) is 9.14. The van der Waals surface area contributed by atoms with Crippen molar-refractivity contribution in [3.05, 3.63) is 0 Å². The highest BCUT2D eigenvalue weighted by molar-refractivity contribution is 5.92.